The lowest BCUT2D eigenvalue weighted by Gasteiger charge is -2.36. The van der Waals surface area contributed by atoms with Crippen molar-refractivity contribution in [3.8, 4) is 11.8 Å². The molecule has 6 heteroatoms. The second-order valence-electron chi connectivity index (χ2n) is 7.76. The van der Waals surface area contributed by atoms with Crippen molar-refractivity contribution >= 4 is 28.8 Å². The standard InChI is InChI=1S/C26H24ClN3OS/c27-24-16-21(10-11-25(24)31-19-23-9-5-4-8-22(23)17-28)26(32)30-14-12-29(13-15-30)18-20-6-2-1-3-7-20/h1-11,16H,12-15,18-19H2. The van der Waals surface area contributed by atoms with Crippen molar-refractivity contribution in [2.45, 2.75) is 13.2 Å². The maximum absolute atomic E-state index is 9.23. The molecule has 1 heterocycles. The van der Waals surface area contributed by atoms with Crippen LogP contribution in [0.25, 0.3) is 0 Å². The Labute approximate surface area is 199 Å². The van der Waals surface area contributed by atoms with Gasteiger partial charge in [-0.05, 0) is 29.8 Å². The first kappa shape index (κ1) is 22.3. The van der Waals surface area contributed by atoms with Crippen LogP contribution in [0.3, 0.4) is 0 Å². The fraction of sp³-hybridized carbons (Fsp3) is 0.231. The quantitative estimate of drug-likeness (QED) is 0.467. The number of nitriles is 1. The minimum Gasteiger partial charge on any atom is -0.487 e. The number of benzene rings is 3. The third-order valence-electron chi connectivity index (χ3n) is 5.61. The molecule has 4 nitrogen and oxygen atoms in total. The van der Waals surface area contributed by atoms with Gasteiger partial charge in [0.1, 0.15) is 17.3 Å². The van der Waals surface area contributed by atoms with Gasteiger partial charge in [-0.1, -0.05) is 72.3 Å². The first-order valence-electron chi connectivity index (χ1n) is 10.6. The molecule has 1 aliphatic rings. The van der Waals surface area contributed by atoms with Crippen LogP contribution in [0, 0.1) is 11.3 Å². The van der Waals surface area contributed by atoms with Crippen LogP contribution >= 0.6 is 23.8 Å². The van der Waals surface area contributed by atoms with Gasteiger partial charge in [0.2, 0.25) is 0 Å². The molecule has 1 aliphatic heterocycles. The Balaban J connectivity index is 1.33. The zero-order valence-corrected chi connectivity index (χ0v) is 19.3. The number of rotatable bonds is 6. The van der Waals surface area contributed by atoms with Crippen molar-refractivity contribution in [2.24, 2.45) is 0 Å². The van der Waals surface area contributed by atoms with Crippen LogP contribution in [0.15, 0.2) is 72.8 Å². The van der Waals surface area contributed by atoms with E-state index in [2.05, 4.69) is 40.1 Å². The van der Waals surface area contributed by atoms with Crippen molar-refractivity contribution < 1.29 is 4.74 Å². The Kier molecular flexibility index (Phi) is 7.39. The lowest BCUT2D eigenvalue weighted by atomic mass is 10.1. The molecule has 0 unspecified atom stereocenters. The highest BCUT2D eigenvalue weighted by molar-refractivity contribution is 7.80. The molecule has 0 radical (unpaired) electrons. The number of nitrogens with zero attached hydrogens (tertiary/aromatic N) is 3. The number of thiocarbonyl (C=S) groups is 1. The Hall–Kier alpha value is -2.91. The molecule has 3 aromatic rings. The fourth-order valence-electron chi connectivity index (χ4n) is 3.79. The maximum Gasteiger partial charge on any atom is 0.138 e. The summed E-state index contributed by atoms with van der Waals surface area (Å²) in [5.41, 5.74) is 3.70. The van der Waals surface area contributed by atoms with Gasteiger partial charge in [-0.15, -0.1) is 0 Å². The highest BCUT2D eigenvalue weighted by atomic mass is 35.5. The Morgan fingerprint density at radius 2 is 1.69 bits per heavy atom. The number of hydrogen-bond donors (Lipinski definition) is 0. The number of piperazine rings is 1. The van der Waals surface area contributed by atoms with Gasteiger partial charge in [-0.2, -0.15) is 5.26 Å². The van der Waals surface area contributed by atoms with Gasteiger partial charge < -0.3 is 9.64 Å². The van der Waals surface area contributed by atoms with Gasteiger partial charge in [-0.25, -0.2) is 0 Å². The minimum atomic E-state index is 0.288. The maximum atomic E-state index is 9.23. The van der Waals surface area contributed by atoms with E-state index >= 15 is 0 Å². The van der Waals surface area contributed by atoms with Gasteiger partial charge in [0.05, 0.1) is 16.7 Å². The Morgan fingerprint density at radius 1 is 0.969 bits per heavy atom. The average Bonchev–Trinajstić information content (AvgIpc) is 2.84. The van der Waals surface area contributed by atoms with E-state index < -0.39 is 0 Å². The molecular formula is C26H24ClN3OS. The van der Waals surface area contributed by atoms with Crippen molar-refractivity contribution in [3.63, 3.8) is 0 Å². The number of hydrogen-bond acceptors (Lipinski definition) is 4. The molecule has 3 aromatic carbocycles. The van der Waals surface area contributed by atoms with Crippen LogP contribution in [0.4, 0.5) is 0 Å². The van der Waals surface area contributed by atoms with E-state index in [0.29, 0.717) is 16.3 Å². The lowest BCUT2D eigenvalue weighted by Crippen LogP contribution is -2.48. The topological polar surface area (TPSA) is 39.5 Å². The van der Waals surface area contributed by atoms with Crippen LogP contribution < -0.4 is 4.74 Å². The summed E-state index contributed by atoms with van der Waals surface area (Å²) in [7, 11) is 0. The molecule has 162 valence electrons. The van der Waals surface area contributed by atoms with Crippen molar-refractivity contribution in [3.05, 3.63) is 100 Å². The summed E-state index contributed by atoms with van der Waals surface area (Å²) < 4.78 is 5.87. The van der Waals surface area contributed by atoms with Gasteiger partial charge in [0.25, 0.3) is 0 Å². The second kappa shape index (κ2) is 10.6. The van der Waals surface area contributed by atoms with Crippen molar-refractivity contribution in [1.29, 1.82) is 5.26 Å². The van der Waals surface area contributed by atoms with Crippen LogP contribution in [0.5, 0.6) is 5.75 Å². The normalized spacial score (nSPS) is 14.1. The second-order valence-corrected chi connectivity index (χ2v) is 8.55. The van der Waals surface area contributed by atoms with Crippen LogP contribution in [0.2, 0.25) is 5.02 Å². The molecule has 1 saturated heterocycles. The van der Waals surface area contributed by atoms with Crippen LogP contribution in [-0.4, -0.2) is 41.0 Å². The predicted molar refractivity (Wildman–Crippen MR) is 132 cm³/mol. The zero-order chi connectivity index (χ0) is 22.3. The molecule has 0 aliphatic carbocycles. The van der Waals surface area contributed by atoms with E-state index in [9.17, 15) is 5.26 Å². The summed E-state index contributed by atoms with van der Waals surface area (Å²) in [6.45, 7) is 4.99. The molecule has 1 fully saturated rings. The van der Waals surface area contributed by atoms with Crippen molar-refractivity contribution in [2.75, 3.05) is 26.2 Å². The summed E-state index contributed by atoms with van der Waals surface area (Å²) in [6, 6.07) is 25.8. The summed E-state index contributed by atoms with van der Waals surface area (Å²) >= 11 is 12.2. The highest BCUT2D eigenvalue weighted by Crippen LogP contribution is 2.28. The predicted octanol–water partition coefficient (Wildman–Crippen LogP) is 5.28. The third kappa shape index (κ3) is 5.46. The number of halogens is 1. The third-order valence-corrected chi connectivity index (χ3v) is 6.40. The first-order valence-corrected chi connectivity index (χ1v) is 11.4. The van der Waals surface area contributed by atoms with Gasteiger partial charge >= 0.3 is 0 Å². The van der Waals surface area contributed by atoms with E-state index in [0.717, 1.165) is 48.8 Å². The molecule has 0 saturated carbocycles. The average molecular weight is 462 g/mol. The molecule has 0 aromatic heterocycles. The van der Waals surface area contributed by atoms with E-state index in [1.54, 1.807) is 6.07 Å². The van der Waals surface area contributed by atoms with Gasteiger partial charge in [0, 0.05) is 43.9 Å². The SMILES string of the molecule is N#Cc1ccccc1COc1ccc(C(=S)N2CCN(Cc3ccccc3)CC2)cc1Cl. The lowest BCUT2D eigenvalue weighted by molar-refractivity contribution is 0.177. The van der Waals surface area contributed by atoms with Gasteiger partial charge in [0.15, 0.2) is 0 Å². The van der Waals surface area contributed by atoms with Gasteiger partial charge in [-0.3, -0.25) is 4.90 Å². The van der Waals surface area contributed by atoms with Crippen molar-refractivity contribution in [1.82, 2.24) is 9.80 Å². The van der Waals surface area contributed by atoms with Crippen LogP contribution in [0.1, 0.15) is 22.3 Å². The van der Waals surface area contributed by atoms with E-state index in [1.807, 2.05) is 42.5 Å². The summed E-state index contributed by atoms with van der Waals surface area (Å²) in [5.74, 6) is 0.582. The molecule has 0 spiro atoms. The number of ether oxygens (including phenoxy) is 1. The summed E-state index contributed by atoms with van der Waals surface area (Å²) in [4.78, 5) is 5.51. The molecular weight excluding hydrogens is 438 g/mol. The minimum absolute atomic E-state index is 0.288. The molecule has 0 bridgehead atoms. The molecule has 0 N–H and O–H groups in total. The van der Waals surface area contributed by atoms with Crippen LogP contribution in [-0.2, 0) is 13.2 Å². The Bertz CT molecular complexity index is 1120. The fourth-order valence-corrected chi connectivity index (χ4v) is 4.34. The monoisotopic (exact) mass is 461 g/mol. The van der Waals surface area contributed by atoms with E-state index in [-0.39, 0.29) is 6.61 Å². The molecule has 0 atom stereocenters. The Morgan fingerprint density at radius 3 is 2.41 bits per heavy atom. The highest BCUT2D eigenvalue weighted by Gasteiger charge is 2.20. The summed E-state index contributed by atoms with van der Waals surface area (Å²) in [5, 5.41) is 9.74. The smallest absolute Gasteiger partial charge is 0.138 e. The largest absolute Gasteiger partial charge is 0.487 e. The zero-order valence-electron chi connectivity index (χ0n) is 17.7. The first-order chi connectivity index (χ1) is 15.6. The van der Waals surface area contributed by atoms with E-state index in [4.69, 9.17) is 28.6 Å². The molecule has 0 amide bonds. The summed E-state index contributed by atoms with van der Waals surface area (Å²) in [6.07, 6.45) is 0. The molecule has 4 rings (SSSR count). The van der Waals surface area contributed by atoms with E-state index in [1.165, 1.54) is 5.56 Å². The molecule has 32 heavy (non-hydrogen) atoms.